The smallest absolute Gasteiger partial charge is 0.0594 e. The van der Waals surface area contributed by atoms with Crippen LogP contribution in [0.4, 0.5) is 0 Å². The highest BCUT2D eigenvalue weighted by atomic mass is 16.5. The van der Waals surface area contributed by atoms with Gasteiger partial charge in [0.25, 0.3) is 0 Å². The first kappa shape index (κ1) is 13.1. The molecule has 0 amide bonds. The van der Waals surface area contributed by atoms with E-state index in [1.165, 1.54) is 29.5 Å². The van der Waals surface area contributed by atoms with Crippen LogP contribution in [0.2, 0.25) is 0 Å². The quantitative estimate of drug-likeness (QED) is 0.895. The molecule has 1 unspecified atom stereocenters. The highest BCUT2D eigenvalue weighted by molar-refractivity contribution is 5.37. The van der Waals surface area contributed by atoms with Crippen molar-refractivity contribution in [3.05, 3.63) is 34.9 Å². The zero-order valence-corrected chi connectivity index (χ0v) is 11.8. The van der Waals surface area contributed by atoms with E-state index < -0.39 is 0 Å². The highest BCUT2D eigenvalue weighted by Gasteiger charge is 2.21. The fraction of sp³-hybridized carbons (Fsp3) is 0.625. The van der Waals surface area contributed by atoms with E-state index >= 15 is 0 Å². The van der Waals surface area contributed by atoms with Crippen LogP contribution in [0.25, 0.3) is 0 Å². The Morgan fingerprint density at radius 2 is 2.16 bits per heavy atom. The number of fused-ring (bicyclic) bond motifs is 1. The maximum Gasteiger partial charge on any atom is 0.0594 e. The molecule has 0 aromatic heterocycles. The van der Waals surface area contributed by atoms with Crippen molar-refractivity contribution in [3.63, 3.8) is 0 Å². The Morgan fingerprint density at radius 1 is 1.32 bits per heavy atom. The normalized spacial score (nSPS) is 23.5. The first-order valence-corrected chi connectivity index (χ1v) is 7.46. The SMILES string of the molecule is Cc1ccc2c(c1)C(NCCN1CCOCC1)CC2. The Labute approximate surface area is 115 Å². The van der Waals surface area contributed by atoms with E-state index in [9.17, 15) is 0 Å². The fourth-order valence-electron chi connectivity index (χ4n) is 3.16. The number of nitrogens with zero attached hydrogens (tertiary/aromatic N) is 1. The minimum Gasteiger partial charge on any atom is -0.379 e. The lowest BCUT2D eigenvalue weighted by molar-refractivity contribution is 0.0381. The van der Waals surface area contributed by atoms with E-state index in [0.29, 0.717) is 6.04 Å². The molecule has 0 radical (unpaired) electrons. The van der Waals surface area contributed by atoms with Gasteiger partial charge in [0, 0.05) is 32.2 Å². The largest absolute Gasteiger partial charge is 0.379 e. The van der Waals surface area contributed by atoms with E-state index in [4.69, 9.17) is 4.74 Å². The zero-order chi connectivity index (χ0) is 13.1. The van der Waals surface area contributed by atoms with Crippen LogP contribution in [0.15, 0.2) is 18.2 Å². The number of aryl methyl sites for hydroxylation is 2. The molecule has 0 spiro atoms. The second kappa shape index (κ2) is 6.04. The molecule has 3 nitrogen and oxygen atoms in total. The van der Waals surface area contributed by atoms with Crippen molar-refractivity contribution in [3.8, 4) is 0 Å². The predicted molar refractivity (Wildman–Crippen MR) is 77.5 cm³/mol. The second-order valence-electron chi connectivity index (χ2n) is 5.70. The minimum absolute atomic E-state index is 0.566. The molecule has 1 aromatic carbocycles. The van der Waals surface area contributed by atoms with Crippen molar-refractivity contribution in [1.29, 1.82) is 0 Å². The van der Waals surface area contributed by atoms with Crippen LogP contribution in [0.5, 0.6) is 0 Å². The lowest BCUT2D eigenvalue weighted by Crippen LogP contribution is -2.40. The molecule has 104 valence electrons. The summed E-state index contributed by atoms with van der Waals surface area (Å²) >= 11 is 0. The molecular weight excluding hydrogens is 236 g/mol. The summed E-state index contributed by atoms with van der Waals surface area (Å²) in [6.45, 7) is 8.36. The number of hydrogen-bond acceptors (Lipinski definition) is 3. The summed E-state index contributed by atoms with van der Waals surface area (Å²) in [6, 6.07) is 7.45. The van der Waals surface area contributed by atoms with Crippen LogP contribution in [0.3, 0.4) is 0 Å². The van der Waals surface area contributed by atoms with Gasteiger partial charge in [-0.15, -0.1) is 0 Å². The average molecular weight is 260 g/mol. The molecule has 1 fully saturated rings. The van der Waals surface area contributed by atoms with Crippen molar-refractivity contribution in [2.75, 3.05) is 39.4 Å². The van der Waals surface area contributed by atoms with Crippen molar-refractivity contribution in [2.45, 2.75) is 25.8 Å². The number of morpholine rings is 1. The zero-order valence-electron chi connectivity index (χ0n) is 11.8. The van der Waals surface area contributed by atoms with Gasteiger partial charge >= 0.3 is 0 Å². The maximum absolute atomic E-state index is 5.38. The van der Waals surface area contributed by atoms with Crippen LogP contribution in [0, 0.1) is 6.92 Å². The van der Waals surface area contributed by atoms with Gasteiger partial charge in [-0.25, -0.2) is 0 Å². The second-order valence-corrected chi connectivity index (χ2v) is 5.70. The van der Waals surface area contributed by atoms with E-state index in [2.05, 4.69) is 35.3 Å². The van der Waals surface area contributed by atoms with E-state index in [1.54, 1.807) is 0 Å². The summed E-state index contributed by atoms with van der Waals surface area (Å²) in [5.41, 5.74) is 4.44. The molecule has 1 heterocycles. The summed E-state index contributed by atoms with van der Waals surface area (Å²) in [5, 5.41) is 3.73. The number of nitrogens with one attached hydrogen (secondary N) is 1. The van der Waals surface area contributed by atoms with E-state index in [-0.39, 0.29) is 0 Å². The molecule has 1 aromatic rings. The molecule has 1 N–H and O–H groups in total. The molecule has 1 atom stereocenters. The van der Waals surface area contributed by atoms with Gasteiger partial charge in [0.2, 0.25) is 0 Å². The van der Waals surface area contributed by atoms with Gasteiger partial charge in [0.05, 0.1) is 13.2 Å². The van der Waals surface area contributed by atoms with Crippen molar-refractivity contribution in [1.82, 2.24) is 10.2 Å². The van der Waals surface area contributed by atoms with Crippen molar-refractivity contribution >= 4 is 0 Å². The lowest BCUT2D eigenvalue weighted by Gasteiger charge is -2.27. The number of hydrogen-bond donors (Lipinski definition) is 1. The third kappa shape index (κ3) is 3.16. The molecule has 1 aliphatic heterocycles. The Kier molecular flexibility index (Phi) is 4.16. The number of ether oxygens (including phenoxy) is 1. The third-order valence-electron chi connectivity index (χ3n) is 4.30. The summed E-state index contributed by atoms with van der Waals surface area (Å²) in [6.07, 6.45) is 2.48. The molecular formula is C16H24N2O. The van der Waals surface area contributed by atoms with E-state index in [0.717, 1.165) is 39.4 Å². The maximum atomic E-state index is 5.38. The molecule has 0 bridgehead atoms. The first-order valence-electron chi connectivity index (χ1n) is 7.46. The van der Waals surface area contributed by atoms with Crippen LogP contribution in [0.1, 0.15) is 29.2 Å². The Hall–Kier alpha value is -0.900. The van der Waals surface area contributed by atoms with Crippen molar-refractivity contribution < 1.29 is 4.74 Å². The molecule has 2 aliphatic rings. The average Bonchev–Trinajstić information content (AvgIpc) is 2.83. The molecule has 3 heteroatoms. The Bertz CT molecular complexity index is 427. The Balaban J connectivity index is 1.50. The molecule has 1 saturated heterocycles. The third-order valence-corrected chi connectivity index (χ3v) is 4.30. The first-order chi connectivity index (χ1) is 9.33. The Morgan fingerprint density at radius 3 is 3.00 bits per heavy atom. The van der Waals surface area contributed by atoms with E-state index in [1.807, 2.05) is 0 Å². The fourth-order valence-corrected chi connectivity index (χ4v) is 3.16. The summed E-state index contributed by atoms with van der Waals surface area (Å²) in [7, 11) is 0. The van der Waals surface area contributed by atoms with Crippen LogP contribution >= 0.6 is 0 Å². The highest BCUT2D eigenvalue weighted by Crippen LogP contribution is 2.31. The van der Waals surface area contributed by atoms with Crippen LogP contribution in [-0.2, 0) is 11.2 Å². The topological polar surface area (TPSA) is 24.5 Å². The van der Waals surface area contributed by atoms with Gasteiger partial charge in [0.1, 0.15) is 0 Å². The van der Waals surface area contributed by atoms with Gasteiger partial charge in [-0.3, -0.25) is 4.90 Å². The van der Waals surface area contributed by atoms with Gasteiger partial charge in [-0.2, -0.15) is 0 Å². The van der Waals surface area contributed by atoms with Gasteiger partial charge in [-0.05, 0) is 30.9 Å². The molecule has 0 saturated carbocycles. The van der Waals surface area contributed by atoms with Gasteiger partial charge in [-0.1, -0.05) is 23.8 Å². The summed E-state index contributed by atoms with van der Waals surface area (Å²) < 4.78 is 5.38. The predicted octanol–water partition coefficient (Wildman–Crippen LogP) is 1.90. The number of rotatable bonds is 4. The monoisotopic (exact) mass is 260 g/mol. The summed E-state index contributed by atoms with van der Waals surface area (Å²) in [5.74, 6) is 0. The van der Waals surface area contributed by atoms with Gasteiger partial charge in [0.15, 0.2) is 0 Å². The standard InChI is InChI=1S/C16H24N2O/c1-13-2-3-14-4-5-16(15(14)12-13)17-6-7-18-8-10-19-11-9-18/h2-3,12,16-17H,4-11H2,1H3. The molecule has 3 rings (SSSR count). The molecule has 19 heavy (non-hydrogen) atoms. The lowest BCUT2D eigenvalue weighted by atomic mass is 10.1. The molecule has 1 aliphatic carbocycles. The van der Waals surface area contributed by atoms with Crippen LogP contribution in [-0.4, -0.2) is 44.3 Å². The van der Waals surface area contributed by atoms with Gasteiger partial charge < -0.3 is 10.1 Å². The number of benzene rings is 1. The van der Waals surface area contributed by atoms with Crippen molar-refractivity contribution in [2.24, 2.45) is 0 Å². The van der Waals surface area contributed by atoms with Crippen LogP contribution < -0.4 is 5.32 Å². The summed E-state index contributed by atoms with van der Waals surface area (Å²) in [4.78, 5) is 2.49. The minimum atomic E-state index is 0.566.